The van der Waals surface area contributed by atoms with Crippen molar-refractivity contribution in [2.45, 2.75) is 51.3 Å². The van der Waals surface area contributed by atoms with Crippen molar-refractivity contribution in [1.82, 2.24) is 19.4 Å². The lowest BCUT2D eigenvalue weighted by Gasteiger charge is -2.43. The second kappa shape index (κ2) is 8.47. The molecule has 0 spiro atoms. The molecule has 0 radical (unpaired) electrons. The summed E-state index contributed by atoms with van der Waals surface area (Å²) in [7, 11) is 0. The Morgan fingerprint density at radius 2 is 1.90 bits per heavy atom. The smallest absolute Gasteiger partial charge is 0.255 e. The van der Waals surface area contributed by atoms with E-state index in [1.807, 2.05) is 6.07 Å². The average Bonchev–Trinajstić information content (AvgIpc) is 2.78. The van der Waals surface area contributed by atoms with Gasteiger partial charge in [-0.05, 0) is 44.2 Å². The zero-order valence-electron chi connectivity index (χ0n) is 17.7. The van der Waals surface area contributed by atoms with Gasteiger partial charge in [0.15, 0.2) is 0 Å². The maximum Gasteiger partial charge on any atom is 0.255 e. The molecule has 0 aliphatic carbocycles. The van der Waals surface area contributed by atoms with Crippen LogP contribution in [0.4, 0.5) is 5.95 Å². The number of aromatic nitrogens is 3. The normalized spacial score (nSPS) is 24.6. The van der Waals surface area contributed by atoms with Crippen molar-refractivity contribution < 1.29 is 4.74 Å². The highest BCUT2D eigenvalue weighted by Crippen LogP contribution is 2.36. The minimum absolute atomic E-state index is 0.207. The van der Waals surface area contributed by atoms with E-state index in [-0.39, 0.29) is 5.56 Å². The monoisotopic (exact) mass is 409 g/mol. The van der Waals surface area contributed by atoms with Gasteiger partial charge < -0.3 is 14.2 Å². The first kappa shape index (κ1) is 19.7. The highest BCUT2D eigenvalue weighted by molar-refractivity contribution is 5.34. The van der Waals surface area contributed by atoms with E-state index in [0.717, 1.165) is 76.6 Å². The Morgan fingerprint density at radius 3 is 2.67 bits per heavy atom. The Morgan fingerprint density at radius 1 is 1.10 bits per heavy atom. The summed E-state index contributed by atoms with van der Waals surface area (Å²) in [5.74, 6) is 1.63. The van der Waals surface area contributed by atoms with Crippen molar-refractivity contribution in [2.24, 2.45) is 5.92 Å². The number of hydrogen-bond acceptors (Lipinski definition) is 6. The molecule has 5 rings (SSSR count). The second-order valence-electron chi connectivity index (χ2n) is 8.88. The summed E-state index contributed by atoms with van der Waals surface area (Å²) in [5.41, 5.74) is 2.31. The molecule has 0 unspecified atom stereocenters. The molecule has 2 fully saturated rings. The molecule has 7 nitrogen and oxygen atoms in total. The molecule has 7 heteroatoms. The van der Waals surface area contributed by atoms with Crippen molar-refractivity contribution in [3.63, 3.8) is 0 Å². The molecule has 0 N–H and O–H groups in total. The van der Waals surface area contributed by atoms with Gasteiger partial charge in [-0.25, -0.2) is 9.97 Å². The van der Waals surface area contributed by atoms with Crippen LogP contribution in [0.25, 0.3) is 0 Å². The van der Waals surface area contributed by atoms with Crippen LogP contribution in [-0.4, -0.2) is 58.3 Å². The first-order chi connectivity index (χ1) is 14.7. The van der Waals surface area contributed by atoms with Crippen LogP contribution in [0.1, 0.15) is 43.4 Å². The van der Waals surface area contributed by atoms with Gasteiger partial charge in [0, 0.05) is 75.4 Å². The predicted molar refractivity (Wildman–Crippen MR) is 116 cm³/mol. The summed E-state index contributed by atoms with van der Waals surface area (Å²) in [4.78, 5) is 26.9. The molecule has 2 aromatic heterocycles. The van der Waals surface area contributed by atoms with Crippen LogP contribution in [-0.2, 0) is 17.8 Å². The van der Waals surface area contributed by atoms with Crippen LogP contribution < -0.4 is 10.5 Å². The summed E-state index contributed by atoms with van der Waals surface area (Å²) in [6, 6.07) is 6.12. The number of hydrogen-bond donors (Lipinski definition) is 0. The molecule has 0 amide bonds. The number of ether oxygens (including phenoxy) is 1. The number of pyridine rings is 1. The number of rotatable bonds is 5. The highest BCUT2D eigenvalue weighted by atomic mass is 16.5. The van der Waals surface area contributed by atoms with Crippen LogP contribution in [0.2, 0.25) is 0 Å². The van der Waals surface area contributed by atoms with E-state index in [1.165, 1.54) is 5.69 Å². The molecule has 0 saturated carbocycles. The number of piperidine rings is 2. The minimum Gasteiger partial charge on any atom is -0.378 e. The van der Waals surface area contributed by atoms with E-state index in [2.05, 4.69) is 43.4 Å². The van der Waals surface area contributed by atoms with E-state index in [4.69, 9.17) is 4.74 Å². The molecule has 0 aromatic carbocycles. The number of anilines is 1. The molecule has 2 atom stereocenters. The van der Waals surface area contributed by atoms with E-state index < -0.39 is 0 Å². The van der Waals surface area contributed by atoms with Gasteiger partial charge in [0.25, 0.3) is 5.56 Å². The fraction of sp³-hybridized carbons (Fsp3) is 0.609. The van der Waals surface area contributed by atoms with Crippen LogP contribution in [0.3, 0.4) is 0 Å². The standard InChI is InChI=1S/C23H31N5O2/c1-2-30-20-6-10-26(11-7-20)15-18-4-5-21-19-12-17(14-28(21)22(18)29)13-27(16-19)23-24-8-3-9-25-23/h3-5,8-9,17,19-20H,2,6-7,10-16H2,1H3/t17-,19+/m0/s1. The summed E-state index contributed by atoms with van der Waals surface area (Å²) in [6.45, 7) is 8.19. The Labute approximate surface area is 177 Å². The van der Waals surface area contributed by atoms with Gasteiger partial charge in [0.2, 0.25) is 5.95 Å². The summed E-state index contributed by atoms with van der Waals surface area (Å²) in [5, 5.41) is 0. The molecule has 3 aliphatic heterocycles. The van der Waals surface area contributed by atoms with E-state index in [0.29, 0.717) is 17.9 Å². The number of nitrogens with zero attached hydrogens (tertiary/aromatic N) is 5. The third-order valence-corrected chi connectivity index (χ3v) is 6.85. The Balaban J connectivity index is 1.31. The molecular weight excluding hydrogens is 378 g/mol. The Hall–Kier alpha value is -2.25. The highest BCUT2D eigenvalue weighted by Gasteiger charge is 2.36. The van der Waals surface area contributed by atoms with Crippen molar-refractivity contribution >= 4 is 5.95 Å². The van der Waals surface area contributed by atoms with Crippen LogP contribution in [0.5, 0.6) is 0 Å². The predicted octanol–water partition coefficient (Wildman–Crippen LogP) is 2.26. The number of likely N-dealkylation sites (tertiary alicyclic amines) is 1. The molecular formula is C23H31N5O2. The average molecular weight is 410 g/mol. The molecule has 3 aliphatic rings. The quantitative estimate of drug-likeness (QED) is 0.755. The lowest BCUT2D eigenvalue weighted by molar-refractivity contribution is 0.0124. The van der Waals surface area contributed by atoms with Crippen LogP contribution in [0.15, 0.2) is 35.4 Å². The molecule has 2 aromatic rings. The van der Waals surface area contributed by atoms with Gasteiger partial charge in [-0.2, -0.15) is 0 Å². The van der Waals surface area contributed by atoms with E-state index >= 15 is 0 Å². The molecule has 2 bridgehead atoms. The van der Waals surface area contributed by atoms with Crippen molar-refractivity contribution in [3.05, 3.63) is 52.2 Å². The van der Waals surface area contributed by atoms with Gasteiger partial charge in [-0.15, -0.1) is 0 Å². The molecule has 30 heavy (non-hydrogen) atoms. The maximum absolute atomic E-state index is 13.3. The fourth-order valence-electron chi connectivity index (χ4n) is 5.44. The third kappa shape index (κ3) is 3.88. The first-order valence-electron chi connectivity index (χ1n) is 11.3. The topological polar surface area (TPSA) is 63.5 Å². The van der Waals surface area contributed by atoms with E-state index in [9.17, 15) is 4.79 Å². The molecule has 5 heterocycles. The Bertz CT molecular complexity index is 923. The third-order valence-electron chi connectivity index (χ3n) is 6.85. The van der Waals surface area contributed by atoms with Crippen molar-refractivity contribution in [1.29, 1.82) is 0 Å². The zero-order chi connectivity index (χ0) is 20.5. The maximum atomic E-state index is 13.3. The van der Waals surface area contributed by atoms with Gasteiger partial charge >= 0.3 is 0 Å². The lowest BCUT2D eigenvalue weighted by atomic mass is 9.83. The largest absolute Gasteiger partial charge is 0.378 e. The van der Waals surface area contributed by atoms with Crippen molar-refractivity contribution in [2.75, 3.05) is 37.7 Å². The second-order valence-corrected chi connectivity index (χ2v) is 8.88. The first-order valence-corrected chi connectivity index (χ1v) is 11.3. The summed E-state index contributed by atoms with van der Waals surface area (Å²) < 4.78 is 7.82. The summed E-state index contributed by atoms with van der Waals surface area (Å²) in [6.07, 6.45) is 7.24. The fourth-order valence-corrected chi connectivity index (χ4v) is 5.44. The van der Waals surface area contributed by atoms with Crippen LogP contribution >= 0.6 is 0 Å². The van der Waals surface area contributed by atoms with Gasteiger partial charge in [0.1, 0.15) is 0 Å². The van der Waals surface area contributed by atoms with Crippen molar-refractivity contribution in [3.8, 4) is 0 Å². The Kier molecular flexibility index (Phi) is 5.56. The van der Waals surface area contributed by atoms with Gasteiger partial charge in [-0.1, -0.05) is 6.07 Å². The molecule has 160 valence electrons. The lowest BCUT2D eigenvalue weighted by Crippen LogP contribution is -2.48. The van der Waals surface area contributed by atoms with Gasteiger partial charge in [-0.3, -0.25) is 9.69 Å². The molecule has 2 saturated heterocycles. The van der Waals surface area contributed by atoms with Gasteiger partial charge in [0.05, 0.1) is 6.10 Å². The minimum atomic E-state index is 0.207. The summed E-state index contributed by atoms with van der Waals surface area (Å²) >= 11 is 0. The van der Waals surface area contributed by atoms with Crippen LogP contribution in [0, 0.1) is 5.92 Å². The number of fused-ring (bicyclic) bond motifs is 4. The zero-order valence-corrected chi connectivity index (χ0v) is 17.7. The SMILES string of the molecule is CCOC1CCN(Cc2ccc3n(c2=O)C[C@H]2C[C@@H]3CN(c3ncccn3)C2)CC1. The van der Waals surface area contributed by atoms with E-state index in [1.54, 1.807) is 12.4 Å².